The average molecular weight is 402 g/mol. The first-order valence-corrected chi connectivity index (χ1v) is 8.45. The number of thiophene rings is 1. The molecule has 0 aliphatic heterocycles. The molecular weight excluding hydrogens is 395 g/mol. The zero-order valence-corrected chi connectivity index (χ0v) is 14.8. The number of nitro benzene ring substituents is 1. The molecular formula is C15H7Cl3N2O3S. The van der Waals surface area contributed by atoms with Crippen molar-refractivity contribution in [3.63, 3.8) is 0 Å². The van der Waals surface area contributed by atoms with Gasteiger partial charge in [0.05, 0.1) is 20.0 Å². The number of hydrogen-bond donors (Lipinski definition) is 1. The summed E-state index contributed by atoms with van der Waals surface area (Å²) in [4.78, 5) is 23.2. The van der Waals surface area contributed by atoms with Gasteiger partial charge in [-0.1, -0.05) is 46.9 Å². The molecule has 0 radical (unpaired) electrons. The summed E-state index contributed by atoms with van der Waals surface area (Å²) in [6, 6.07) is 9.19. The molecule has 0 bridgehead atoms. The van der Waals surface area contributed by atoms with Crippen LogP contribution < -0.4 is 5.32 Å². The van der Waals surface area contributed by atoms with Crippen LogP contribution in [0.2, 0.25) is 15.1 Å². The minimum Gasteiger partial charge on any atom is -0.321 e. The van der Waals surface area contributed by atoms with E-state index in [1.165, 1.54) is 18.2 Å². The van der Waals surface area contributed by atoms with Crippen molar-refractivity contribution in [2.24, 2.45) is 0 Å². The number of carbonyl (C=O) groups excluding carboxylic acids is 1. The molecule has 1 heterocycles. The molecule has 1 amide bonds. The number of halogens is 3. The first kappa shape index (κ1) is 17.0. The maximum Gasteiger partial charge on any atom is 0.287 e. The lowest BCUT2D eigenvalue weighted by Gasteiger charge is -2.05. The second kappa shape index (κ2) is 6.57. The first-order chi connectivity index (χ1) is 11.4. The zero-order chi connectivity index (χ0) is 17.4. The van der Waals surface area contributed by atoms with Crippen molar-refractivity contribution in [2.75, 3.05) is 5.32 Å². The third-order valence-corrected chi connectivity index (χ3v) is 5.69. The van der Waals surface area contributed by atoms with Crippen LogP contribution >= 0.6 is 46.1 Å². The van der Waals surface area contributed by atoms with Crippen LogP contribution in [0.4, 0.5) is 11.4 Å². The van der Waals surface area contributed by atoms with E-state index in [0.717, 1.165) is 11.3 Å². The molecule has 1 aromatic heterocycles. The summed E-state index contributed by atoms with van der Waals surface area (Å²) in [5.41, 5.74) is 0.352. The molecule has 24 heavy (non-hydrogen) atoms. The third-order valence-electron chi connectivity index (χ3n) is 3.21. The van der Waals surface area contributed by atoms with Crippen molar-refractivity contribution in [3.8, 4) is 0 Å². The number of nitro groups is 1. The predicted octanol–water partition coefficient (Wildman–Crippen LogP) is 6.02. The van der Waals surface area contributed by atoms with Crippen LogP contribution in [-0.2, 0) is 0 Å². The molecule has 0 atom stereocenters. The Morgan fingerprint density at radius 2 is 1.88 bits per heavy atom. The maximum absolute atomic E-state index is 12.5. The number of carbonyl (C=O) groups is 1. The van der Waals surface area contributed by atoms with Gasteiger partial charge in [0.2, 0.25) is 0 Å². The molecule has 2 aromatic carbocycles. The van der Waals surface area contributed by atoms with Crippen LogP contribution in [0.3, 0.4) is 0 Å². The fourth-order valence-corrected chi connectivity index (χ4v) is 3.91. The lowest BCUT2D eigenvalue weighted by molar-refractivity contribution is -0.382. The van der Waals surface area contributed by atoms with Gasteiger partial charge in [0.25, 0.3) is 11.6 Å². The summed E-state index contributed by atoms with van der Waals surface area (Å²) >= 11 is 18.9. The van der Waals surface area contributed by atoms with Crippen LogP contribution in [0.15, 0.2) is 36.4 Å². The Morgan fingerprint density at radius 3 is 2.54 bits per heavy atom. The molecule has 3 aromatic rings. The number of fused-ring (bicyclic) bond motifs is 1. The minimum atomic E-state index is -0.504. The molecule has 3 rings (SSSR count). The normalized spacial score (nSPS) is 10.8. The van der Waals surface area contributed by atoms with Gasteiger partial charge in [-0.15, -0.1) is 11.3 Å². The summed E-state index contributed by atoms with van der Waals surface area (Å²) in [6.07, 6.45) is 0. The Labute approximate surface area is 154 Å². The second-order valence-electron chi connectivity index (χ2n) is 4.74. The van der Waals surface area contributed by atoms with Crippen LogP contribution in [-0.4, -0.2) is 10.8 Å². The van der Waals surface area contributed by atoms with Crippen LogP contribution in [0, 0.1) is 10.1 Å². The van der Waals surface area contributed by atoms with E-state index in [0.29, 0.717) is 25.8 Å². The summed E-state index contributed by atoms with van der Waals surface area (Å²) in [5, 5.41) is 15.1. The highest BCUT2D eigenvalue weighted by Gasteiger charge is 2.22. The summed E-state index contributed by atoms with van der Waals surface area (Å²) < 4.78 is 0.354. The highest BCUT2D eigenvalue weighted by atomic mass is 35.5. The van der Waals surface area contributed by atoms with Crippen molar-refractivity contribution in [1.29, 1.82) is 0 Å². The molecule has 0 aliphatic carbocycles. The Hall–Kier alpha value is -1.86. The monoisotopic (exact) mass is 400 g/mol. The van der Waals surface area contributed by atoms with Crippen LogP contribution in [0.5, 0.6) is 0 Å². The number of rotatable bonds is 3. The third kappa shape index (κ3) is 3.06. The van der Waals surface area contributed by atoms with Crippen LogP contribution in [0.25, 0.3) is 10.1 Å². The fourth-order valence-electron chi connectivity index (χ4n) is 2.13. The van der Waals surface area contributed by atoms with E-state index < -0.39 is 10.8 Å². The number of anilines is 1. The van der Waals surface area contributed by atoms with E-state index in [9.17, 15) is 14.9 Å². The molecule has 5 nitrogen and oxygen atoms in total. The van der Waals surface area contributed by atoms with Gasteiger partial charge in [-0.2, -0.15) is 0 Å². The maximum atomic E-state index is 12.5. The van der Waals surface area contributed by atoms with E-state index in [1.54, 1.807) is 18.2 Å². The Kier molecular flexibility index (Phi) is 4.64. The van der Waals surface area contributed by atoms with E-state index in [4.69, 9.17) is 34.8 Å². The largest absolute Gasteiger partial charge is 0.321 e. The van der Waals surface area contributed by atoms with Gasteiger partial charge in [-0.05, 0) is 18.2 Å². The standard InChI is InChI=1S/C15H7Cl3N2O3S/c16-9-5-4-7(6-10(9)17)19-15(21)14-12(18)8-2-1-3-11(20(22)23)13(8)24-14/h1-6H,(H,19,21). The molecule has 0 saturated heterocycles. The topological polar surface area (TPSA) is 72.2 Å². The van der Waals surface area contributed by atoms with Gasteiger partial charge in [0.15, 0.2) is 0 Å². The lowest BCUT2D eigenvalue weighted by Crippen LogP contribution is -2.10. The van der Waals surface area contributed by atoms with E-state index in [-0.39, 0.29) is 15.6 Å². The van der Waals surface area contributed by atoms with Crippen molar-refractivity contribution in [2.45, 2.75) is 0 Å². The van der Waals surface area contributed by atoms with Gasteiger partial charge in [-0.25, -0.2) is 0 Å². The highest BCUT2D eigenvalue weighted by Crippen LogP contribution is 2.40. The number of nitrogens with zero attached hydrogens (tertiary/aromatic N) is 1. The van der Waals surface area contributed by atoms with Gasteiger partial charge < -0.3 is 5.32 Å². The van der Waals surface area contributed by atoms with E-state index >= 15 is 0 Å². The average Bonchev–Trinajstić information content (AvgIpc) is 2.88. The Bertz CT molecular complexity index is 987. The smallest absolute Gasteiger partial charge is 0.287 e. The molecule has 0 unspecified atom stereocenters. The molecule has 0 spiro atoms. The van der Waals surface area contributed by atoms with Crippen molar-refractivity contribution in [1.82, 2.24) is 0 Å². The van der Waals surface area contributed by atoms with Crippen LogP contribution in [0.1, 0.15) is 9.67 Å². The van der Waals surface area contributed by atoms with Gasteiger partial charge in [0, 0.05) is 17.1 Å². The van der Waals surface area contributed by atoms with Crippen molar-refractivity contribution >= 4 is 73.5 Å². The predicted molar refractivity (Wildman–Crippen MR) is 97.9 cm³/mol. The zero-order valence-electron chi connectivity index (χ0n) is 11.7. The number of non-ortho nitro benzene ring substituents is 1. The summed E-state index contributed by atoms with van der Waals surface area (Å²) in [5.74, 6) is -0.478. The molecule has 0 saturated carbocycles. The number of amides is 1. The first-order valence-electron chi connectivity index (χ1n) is 6.50. The Morgan fingerprint density at radius 1 is 1.12 bits per heavy atom. The molecule has 0 fully saturated rings. The highest BCUT2D eigenvalue weighted by molar-refractivity contribution is 7.22. The summed E-state index contributed by atoms with van der Waals surface area (Å²) in [7, 11) is 0. The van der Waals surface area contributed by atoms with Crippen molar-refractivity contribution in [3.05, 3.63) is 66.5 Å². The van der Waals surface area contributed by atoms with Gasteiger partial charge in [0.1, 0.15) is 9.58 Å². The number of hydrogen-bond acceptors (Lipinski definition) is 4. The van der Waals surface area contributed by atoms with E-state index in [1.807, 2.05) is 0 Å². The molecule has 122 valence electrons. The number of nitrogens with one attached hydrogen (secondary N) is 1. The van der Waals surface area contributed by atoms with Gasteiger partial charge >= 0.3 is 0 Å². The van der Waals surface area contributed by atoms with Gasteiger partial charge in [-0.3, -0.25) is 14.9 Å². The minimum absolute atomic E-state index is 0.0898. The molecule has 9 heteroatoms. The van der Waals surface area contributed by atoms with Crippen molar-refractivity contribution < 1.29 is 9.72 Å². The SMILES string of the molecule is O=C(Nc1ccc(Cl)c(Cl)c1)c1sc2c([N+](=O)[O-])cccc2c1Cl. The molecule has 1 N–H and O–H groups in total. The quantitative estimate of drug-likeness (QED) is 0.430. The fraction of sp³-hybridized carbons (Fsp3) is 0. The lowest BCUT2D eigenvalue weighted by atomic mass is 10.2. The molecule has 0 aliphatic rings. The Balaban J connectivity index is 2.01. The second-order valence-corrected chi connectivity index (χ2v) is 6.95. The number of benzene rings is 2. The summed E-state index contributed by atoms with van der Waals surface area (Å²) in [6.45, 7) is 0. The van der Waals surface area contributed by atoms with E-state index in [2.05, 4.69) is 5.32 Å².